The molecule has 0 heterocycles. The van der Waals surface area contributed by atoms with E-state index in [1.54, 1.807) is 30.0 Å². The van der Waals surface area contributed by atoms with E-state index in [9.17, 15) is 14.7 Å². The molecule has 0 aliphatic rings. The van der Waals surface area contributed by atoms with Crippen molar-refractivity contribution in [3.63, 3.8) is 0 Å². The molecule has 0 bridgehead atoms. The highest BCUT2D eigenvalue weighted by molar-refractivity contribution is 7.98. The predicted octanol–water partition coefficient (Wildman–Crippen LogP) is 3.30. The summed E-state index contributed by atoms with van der Waals surface area (Å²) in [6, 6.07) is 13.9. The molecule has 2 aromatic rings. The van der Waals surface area contributed by atoms with Gasteiger partial charge in [0.15, 0.2) is 0 Å². The van der Waals surface area contributed by atoms with Gasteiger partial charge < -0.3 is 15.7 Å². The van der Waals surface area contributed by atoms with Crippen molar-refractivity contribution in [1.29, 1.82) is 0 Å². The molecule has 0 aliphatic heterocycles. The van der Waals surface area contributed by atoms with Gasteiger partial charge in [0.1, 0.15) is 11.8 Å². The van der Waals surface area contributed by atoms with Gasteiger partial charge in [0.25, 0.3) is 5.91 Å². The van der Waals surface area contributed by atoms with Crippen molar-refractivity contribution in [2.45, 2.75) is 32.2 Å². The maximum absolute atomic E-state index is 12.6. The fraction of sp³-hybridized carbons (Fsp3) is 0.364. The fourth-order valence-corrected chi connectivity index (χ4v) is 3.29. The van der Waals surface area contributed by atoms with Crippen LogP contribution in [0.25, 0.3) is 0 Å². The van der Waals surface area contributed by atoms with E-state index in [1.807, 2.05) is 43.5 Å². The van der Waals surface area contributed by atoms with Crippen LogP contribution in [0, 0.1) is 6.92 Å². The molecule has 0 saturated heterocycles. The first-order valence-electron chi connectivity index (χ1n) is 9.41. The molecule has 2 aromatic carbocycles. The van der Waals surface area contributed by atoms with Gasteiger partial charge in [-0.2, -0.15) is 11.8 Å². The lowest BCUT2D eigenvalue weighted by Crippen LogP contribution is -2.47. The van der Waals surface area contributed by atoms with Crippen molar-refractivity contribution >= 4 is 23.6 Å². The maximum Gasteiger partial charge on any atom is 0.251 e. The zero-order valence-electron chi connectivity index (χ0n) is 16.4. The molecule has 28 heavy (non-hydrogen) atoms. The van der Waals surface area contributed by atoms with E-state index in [0.29, 0.717) is 18.5 Å². The van der Waals surface area contributed by atoms with Crippen molar-refractivity contribution in [1.82, 2.24) is 10.6 Å². The summed E-state index contributed by atoms with van der Waals surface area (Å²) in [4.78, 5) is 25.1. The Bertz CT molecular complexity index is 778. The summed E-state index contributed by atoms with van der Waals surface area (Å²) in [6.07, 6.45) is 4.17. The molecule has 1 unspecified atom stereocenters. The molecule has 5 nitrogen and oxygen atoms in total. The Morgan fingerprint density at radius 2 is 1.89 bits per heavy atom. The van der Waals surface area contributed by atoms with Gasteiger partial charge in [0, 0.05) is 12.1 Å². The molecule has 0 spiro atoms. The third-order valence-electron chi connectivity index (χ3n) is 4.39. The highest BCUT2D eigenvalue weighted by Gasteiger charge is 2.20. The summed E-state index contributed by atoms with van der Waals surface area (Å²) >= 11 is 1.65. The number of phenols is 1. The number of carbonyl (C=O) groups is 2. The maximum atomic E-state index is 12.6. The average Bonchev–Trinajstić information content (AvgIpc) is 2.69. The lowest BCUT2D eigenvalue weighted by Gasteiger charge is -2.18. The molecule has 2 amide bonds. The topological polar surface area (TPSA) is 78.4 Å². The molecule has 0 aliphatic carbocycles. The van der Waals surface area contributed by atoms with E-state index in [4.69, 9.17) is 0 Å². The molecule has 0 fully saturated rings. The summed E-state index contributed by atoms with van der Waals surface area (Å²) in [5, 5.41) is 15.1. The van der Waals surface area contributed by atoms with Crippen LogP contribution in [0.4, 0.5) is 0 Å². The van der Waals surface area contributed by atoms with Gasteiger partial charge in [-0.3, -0.25) is 9.59 Å². The van der Waals surface area contributed by atoms with Crippen LogP contribution in [0.5, 0.6) is 5.75 Å². The van der Waals surface area contributed by atoms with E-state index in [2.05, 4.69) is 10.6 Å². The zero-order chi connectivity index (χ0) is 20.4. The van der Waals surface area contributed by atoms with E-state index < -0.39 is 6.04 Å². The Morgan fingerprint density at radius 3 is 2.57 bits per heavy atom. The van der Waals surface area contributed by atoms with Crippen molar-refractivity contribution in [2.75, 3.05) is 18.6 Å². The summed E-state index contributed by atoms with van der Waals surface area (Å²) in [5.74, 6) is 0.660. The van der Waals surface area contributed by atoms with Crippen LogP contribution in [-0.2, 0) is 11.2 Å². The highest BCUT2D eigenvalue weighted by atomic mass is 32.2. The number of aromatic hydroxyl groups is 1. The minimum atomic E-state index is -0.547. The van der Waals surface area contributed by atoms with Crippen LogP contribution in [0.1, 0.15) is 34.3 Å². The summed E-state index contributed by atoms with van der Waals surface area (Å²) in [5.41, 5.74) is 2.68. The van der Waals surface area contributed by atoms with Gasteiger partial charge in [0.05, 0.1) is 0 Å². The van der Waals surface area contributed by atoms with Gasteiger partial charge >= 0.3 is 0 Å². The largest absolute Gasteiger partial charge is 0.508 e. The second-order valence-corrected chi connectivity index (χ2v) is 7.72. The van der Waals surface area contributed by atoms with Gasteiger partial charge in [-0.05, 0) is 68.0 Å². The molecule has 6 heteroatoms. The second kappa shape index (κ2) is 11.4. The van der Waals surface area contributed by atoms with E-state index in [1.165, 1.54) is 0 Å². The van der Waals surface area contributed by atoms with Gasteiger partial charge in [0.2, 0.25) is 5.91 Å². The number of hydrogen-bond acceptors (Lipinski definition) is 4. The van der Waals surface area contributed by atoms with E-state index in [-0.39, 0.29) is 17.6 Å². The van der Waals surface area contributed by atoms with Gasteiger partial charge in [-0.15, -0.1) is 0 Å². The second-order valence-electron chi connectivity index (χ2n) is 6.74. The molecule has 0 aromatic heterocycles. The Hall–Kier alpha value is -2.47. The van der Waals surface area contributed by atoms with E-state index >= 15 is 0 Å². The van der Waals surface area contributed by atoms with Crippen molar-refractivity contribution < 1.29 is 14.7 Å². The minimum Gasteiger partial charge on any atom is -0.508 e. The van der Waals surface area contributed by atoms with E-state index in [0.717, 1.165) is 29.7 Å². The number of amides is 2. The Kier molecular flexibility index (Phi) is 8.88. The molecule has 3 N–H and O–H groups in total. The average molecular weight is 401 g/mol. The normalized spacial score (nSPS) is 11.6. The predicted molar refractivity (Wildman–Crippen MR) is 115 cm³/mol. The molecule has 1 atom stereocenters. The number of aryl methyl sites for hydroxylation is 2. The molecule has 0 saturated carbocycles. The van der Waals surface area contributed by atoms with Crippen LogP contribution in [0.3, 0.4) is 0 Å². The number of benzene rings is 2. The number of phenolic OH excluding ortho intramolecular Hbond substituents is 1. The number of rotatable bonds is 10. The summed E-state index contributed by atoms with van der Waals surface area (Å²) in [6.45, 7) is 2.47. The monoisotopic (exact) mass is 400 g/mol. The number of carbonyl (C=O) groups excluding carboxylic acids is 2. The van der Waals surface area contributed by atoms with Crippen molar-refractivity contribution in [3.05, 3.63) is 65.2 Å². The summed E-state index contributed by atoms with van der Waals surface area (Å²) < 4.78 is 0. The molecular formula is C22H28N2O3S. The number of thioether (sulfide) groups is 1. The van der Waals surface area contributed by atoms with Crippen LogP contribution < -0.4 is 10.6 Å². The molecule has 0 radical (unpaired) electrons. The van der Waals surface area contributed by atoms with Gasteiger partial charge in [-0.1, -0.05) is 29.8 Å². The molecular weight excluding hydrogens is 372 g/mol. The Labute approximate surface area is 170 Å². The molecule has 150 valence electrons. The first kappa shape index (κ1) is 21.8. The third-order valence-corrected chi connectivity index (χ3v) is 5.03. The first-order valence-corrected chi connectivity index (χ1v) is 10.8. The van der Waals surface area contributed by atoms with Crippen LogP contribution in [0.15, 0.2) is 48.5 Å². The van der Waals surface area contributed by atoms with Crippen molar-refractivity contribution in [3.8, 4) is 5.75 Å². The lowest BCUT2D eigenvalue weighted by atomic mass is 10.1. The first-order chi connectivity index (χ1) is 13.5. The molecule has 2 rings (SSSR count). The smallest absolute Gasteiger partial charge is 0.251 e. The standard InChI is InChI=1S/C22H28N2O3S/c1-16-5-3-7-18(15-16)21(26)24-20(12-14-28-2)22(27)23-13-4-6-17-8-10-19(25)11-9-17/h3,5,7-11,15,20,25H,4,6,12-14H2,1-2H3,(H,23,27)(H,24,26). The zero-order valence-corrected chi connectivity index (χ0v) is 17.2. The number of hydrogen-bond donors (Lipinski definition) is 3. The fourth-order valence-electron chi connectivity index (χ4n) is 2.82. The van der Waals surface area contributed by atoms with Crippen molar-refractivity contribution in [2.24, 2.45) is 0 Å². The van der Waals surface area contributed by atoms with Crippen LogP contribution in [-0.4, -0.2) is 41.5 Å². The SMILES string of the molecule is CSCCC(NC(=O)c1cccc(C)c1)C(=O)NCCCc1ccc(O)cc1. The Morgan fingerprint density at radius 1 is 1.14 bits per heavy atom. The minimum absolute atomic E-state index is 0.152. The summed E-state index contributed by atoms with van der Waals surface area (Å²) in [7, 11) is 0. The lowest BCUT2D eigenvalue weighted by molar-refractivity contribution is -0.123. The van der Waals surface area contributed by atoms with Crippen LogP contribution in [0.2, 0.25) is 0 Å². The highest BCUT2D eigenvalue weighted by Crippen LogP contribution is 2.11. The number of nitrogens with one attached hydrogen (secondary N) is 2. The van der Waals surface area contributed by atoms with Gasteiger partial charge in [-0.25, -0.2) is 0 Å². The third kappa shape index (κ3) is 7.27. The van der Waals surface area contributed by atoms with Crippen LogP contribution >= 0.6 is 11.8 Å². The Balaban J connectivity index is 1.85. The quantitative estimate of drug-likeness (QED) is 0.535.